The quantitative estimate of drug-likeness (QED) is 0.415. The summed E-state index contributed by atoms with van der Waals surface area (Å²) in [7, 11) is 0. The smallest absolute Gasteiger partial charge is 0.124 e. The molecule has 0 unspecified atom stereocenters. The first-order chi connectivity index (χ1) is 14.2. The van der Waals surface area contributed by atoms with Crippen LogP contribution >= 0.6 is 0 Å². The lowest BCUT2D eigenvalue weighted by atomic mass is 10.1. The van der Waals surface area contributed by atoms with Gasteiger partial charge in [-0.3, -0.25) is 0 Å². The maximum atomic E-state index is 6.06. The molecule has 0 amide bonds. The third-order valence-electron chi connectivity index (χ3n) is 4.74. The summed E-state index contributed by atoms with van der Waals surface area (Å²) in [6, 6.07) is 26.8. The van der Waals surface area contributed by atoms with Gasteiger partial charge >= 0.3 is 0 Å². The third kappa shape index (κ3) is 7.19. The number of anilines is 1. The highest BCUT2D eigenvalue weighted by molar-refractivity contribution is 5.49. The van der Waals surface area contributed by atoms with Gasteiger partial charge in [-0.2, -0.15) is 0 Å². The molecule has 0 heterocycles. The van der Waals surface area contributed by atoms with Crippen LogP contribution in [0.25, 0.3) is 0 Å². The van der Waals surface area contributed by atoms with E-state index in [0.717, 1.165) is 42.2 Å². The highest BCUT2D eigenvalue weighted by atomic mass is 16.5. The SMILES string of the molecule is CC(C)CCOc1cccc(NCc2ccccc2OCCc2ccccc2)c1. The molecule has 0 aliphatic heterocycles. The molecule has 1 N–H and O–H groups in total. The lowest BCUT2D eigenvalue weighted by molar-refractivity contribution is 0.289. The van der Waals surface area contributed by atoms with E-state index in [1.165, 1.54) is 5.56 Å². The molecule has 0 fully saturated rings. The number of ether oxygens (including phenoxy) is 2. The van der Waals surface area contributed by atoms with Crippen LogP contribution in [-0.2, 0) is 13.0 Å². The molecule has 0 bridgehead atoms. The molecular weight excluding hydrogens is 358 g/mol. The van der Waals surface area contributed by atoms with Gasteiger partial charge in [0.25, 0.3) is 0 Å². The van der Waals surface area contributed by atoms with E-state index in [4.69, 9.17) is 9.47 Å². The predicted octanol–water partition coefficient (Wildman–Crippen LogP) is 6.35. The Morgan fingerprint density at radius 1 is 0.793 bits per heavy atom. The van der Waals surface area contributed by atoms with Crippen molar-refractivity contribution in [2.45, 2.75) is 33.2 Å². The van der Waals surface area contributed by atoms with Crippen LogP contribution in [0.15, 0.2) is 78.9 Å². The fraction of sp³-hybridized carbons (Fsp3) is 0.308. The van der Waals surface area contributed by atoms with Crippen LogP contribution in [0.2, 0.25) is 0 Å². The first kappa shape index (κ1) is 20.8. The number of benzene rings is 3. The standard InChI is InChI=1S/C26H31NO2/c1-21(2)15-17-28-25-13-8-12-24(19-25)27-20-23-11-6-7-14-26(23)29-18-16-22-9-4-3-5-10-22/h3-14,19,21,27H,15-18,20H2,1-2H3. The van der Waals surface area contributed by atoms with Crippen molar-refractivity contribution in [2.75, 3.05) is 18.5 Å². The monoisotopic (exact) mass is 389 g/mol. The maximum Gasteiger partial charge on any atom is 0.124 e. The molecular formula is C26H31NO2. The van der Waals surface area contributed by atoms with Gasteiger partial charge in [-0.15, -0.1) is 0 Å². The van der Waals surface area contributed by atoms with Crippen LogP contribution in [-0.4, -0.2) is 13.2 Å². The van der Waals surface area contributed by atoms with E-state index in [1.54, 1.807) is 0 Å². The third-order valence-corrected chi connectivity index (χ3v) is 4.74. The van der Waals surface area contributed by atoms with Gasteiger partial charge in [-0.1, -0.05) is 68.4 Å². The second-order valence-electron chi connectivity index (χ2n) is 7.60. The lowest BCUT2D eigenvalue weighted by Gasteiger charge is -2.14. The van der Waals surface area contributed by atoms with Crippen molar-refractivity contribution in [3.63, 3.8) is 0 Å². The molecule has 3 aromatic carbocycles. The summed E-state index contributed by atoms with van der Waals surface area (Å²) in [5.41, 5.74) is 3.48. The normalized spacial score (nSPS) is 10.7. The molecule has 0 spiro atoms. The first-order valence-electron chi connectivity index (χ1n) is 10.4. The van der Waals surface area contributed by atoms with Crippen molar-refractivity contribution >= 4 is 5.69 Å². The van der Waals surface area contributed by atoms with Gasteiger partial charge in [-0.25, -0.2) is 0 Å². The summed E-state index contributed by atoms with van der Waals surface area (Å²) >= 11 is 0. The Bertz CT molecular complexity index is 861. The van der Waals surface area contributed by atoms with E-state index in [-0.39, 0.29) is 0 Å². The predicted molar refractivity (Wildman–Crippen MR) is 121 cm³/mol. The Morgan fingerprint density at radius 3 is 2.41 bits per heavy atom. The Labute approximate surface area is 174 Å². The minimum absolute atomic E-state index is 0.648. The molecule has 3 heteroatoms. The summed E-state index contributed by atoms with van der Waals surface area (Å²) < 4.78 is 11.9. The number of para-hydroxylation sites is 1. The van der Waals surface area contributed by atoms with Gasteiger partial charge < -0.3 is 14.8 Å². The second kappa shape index (κ2) is 11.2. The molecule has 0 aromatic heterocycles. The largest absolute Gasteiger partial charge is 0.494 e. The summed E-state index contributed by atoms with van der Waals surface area (Å²) in [4.78, 5) is 0. The van der Waals surface area contributed by atoms with Gasteiger partial charge in [0.15, 0.2) is 0 Å². The fourth-order valence-electron chi connectivity index (χ4n) is 3.02. The van der Waals surface area contributed by atoms with E-state index in [1.807, 2.05) is 36.4 Å². The van der Waals surface area contributed by atoms with Crippen molar-refractivity contribution in [3.8, 4) is 11.5 Å². The molecule has 0 radical (unpaired) electrons. The zero-order valence-electron chi connectivity index (χ0n) is 17.4. The Morgan fingerprint density at radius 2 is 1.59 bits per heavy atom. The van der Waals surface area contributed by atoms with Crippen molar-refractivity contribution in [3.05, 3.63) is 90.0 Å². The second-order valence-corrected chi connectivity index (χ2v) is 7.60. The minimum Gasteiger partial charge on any atom is -0.494 e. The van der Waals surface area contributed by atoms with Crippen LogP contribution in [0.3, 0.4) is 0 Å². The first-order valence-corrected chi connectivity index (χ1v) is 10.4. The summed E-state index contributed by atoms with van der Waals surface area (Å²) in [6.45, 7) is 6.54. The molecule has 3 rings (SSSR count). The number of nitrogens with one attached hydrogen (secondary N) is 1. The van der Waals surface area contributed by atoms with Crippen molar-refractivity contribution in [1.29, 1.82) is 0 Å². The van der Waals surface area contributed by atoms with Crippen LogP contribution in [0, 0.1) is 5.92 Å². The zero-order valence-corrected chi connectivity index (χ0v) is 17.4. The van der Waals surface area contributed by atoms with Crippen LogP contribution in [0.4, 0.5) is 5.69 Å². The minimum atomic E-state index is 0.648. The van der Waals surface area contributed by atoms with Crippen molar-refractivity contribution < 1.29 is 9.47 Å². The summed E-state index contributed by atoms with van der Waals surface area (Å²) in [5, 5.41) is 3.49. The zero-order chi connectivity index (χ0) is 20.3. The average molecular weight is 390 g/mol. The van der Waals surface area contributed by atoms with Crippen molar-refractivity contribution in [2.24, 2.45) is 5.92 Å². The van der Waals surface area contributed by atoms with E-state index < -0.39 is 0 Å². The van der Waals surface area contributed by atoms with E-state index >= 15 is 0 Å². The topological polar surface area (TPSA) is 30.5 Å². The van der Waals surface area contributed by atoms with E-state index in [0.29, 0.717) is 19.1 Å². The molecule has 29 heavy (non-hydrogen) atoms. The number of hydrogen-bond donors (Lipinski definition) is 1. The van der Waals surface area contributed by atoms with Gasteiger partial charge in [0.05, 0.1) is 13.2 Å². The van der Waals surface area contributed by atoms with Crippen LogP contribution < -0.4 is 14.8 Å². The Hall–Kier alpha value is -2.94. The summed E-state index contributed by atoms with van der Waals surface area (Å²) in [5.74, 6) is 2.48. The van der Waals surface area contributed by atoms with Gasteiger partial charge in [-0.05, 0) is 36.1 Å². The molecule has 0 saturated heterocycles. The molecule has 3 aromatic rings. The average Bonchev–Trinajstić information content (AvgIpc) is 2.74. The van der Waals surface area contributed by atoms with Gasteiger partial charge in [0.2, 0.25) is 0 Å². The lowest BCUT2D eigenvalue weighted by Crippen LogP contribution is -2.06. The number of hydrogen-bond acceptors (Lipinski definition) is 3. The molecule has 152 valence electrons. The molecule has 0 aliphatic rings. The van der Waals surface area contributed by atoms with Gasteiger partial charge in [0, 0.05) is 30.3 Å². The van der Waals surface area contributed by atoms with E-state index in [2.05, 4.69) is 61.6 Å². The number of rotatable bonds is 11. The maximum absolute atomic E-state index is 6.06. The van der Waals surface area contributed by atoms with Crippen molar-refractivity contribution in [1.82, 2.24) is 0 Å². The van der Waals surface area contributed by atoms with Gasteiger partial charge in [0.1, 0.15) is 11.5 Å². The van der Waals surface area contributed by atoms with E-state index in [9.17, 15) is 0 Å². The molecule has 0 atom stereocenters. The molecule has 3 nitrogen and oxygen atoms in total. The Balaban J connectivity index is 1.53. The molecule has 0 aliphatic carbocycles. The van der Waals surface area contributed by atoms with Crippen LogP contribution in [0.1, 0.15) is 31.4 Å². The highest BCUT2D eigenvalue weighted by Crippen LogP contribution is 2.22. The highest BCUT2D eigenvalue weighted by Gasteiger charge is 2.04. The molecule has 0 saturated carbocycles. The fourth-order valence-corrected chi connectivity index (χ4v) is 3.02. The van der Waals surface area contributed by atoms with Crippen LogP contribution in [0.5, 0.6) is 11.5 Å². The Kier molecular flexibility index (Phi) is 8.00. The summed E-state index contributed by atoms with van der Waals surface area (Å²) in [6.07, 6.45) is 1.96.